The minimum atomic E-state index is -0.745. The van der Waals surface area contributed by atoms with Gasteiger partial charge in [-0.05, 0) is 31.7 Å². The van der Waals surface area contributed by atoms with E-state index in [9.17, 15) is 9.90 Å². The van der Waals surface area contributed by atoms with Gasteiger partial charge in [0.1, 0.15) is 0 Å². The van der Waals surface area contributed by atoms with E-state index in [-0.39, 0.29) is 5.91 Å². The number of anilines is 1. The second kappa shape index (κ2) is 5.51. The number of carbonyl (C=O) groups excluding carboxylic acids is 1. The molecule has 1 heterocycles. The molecule has 2 unspecified atom stereocenters. The number of aliphatic hydroxyl groups is 1. The zero-order valence-electron chi connectivity index (χ0n) is 11.5. The fraction of sp³-hybridized carbons (Fsp3) is 0.643. The molecule has 2 atom stereocenters. The van der Waals surface area contributed by atoms with Gasteiger partial charge < -0.3 is 16.2 Å². The van der Waals surface area contributed by atoms with Crippen LogP contribution in [0, 0.1) is 12.8 Å². The number of rotatable bonds is 3. The van der Waals surface area contributed by atoms with E-state index < -0.39 is 5.60 Å². The Morgan fingerprint density at radius 3 is 3.00 bits per heavy atom. The van der Waals surface area contributed by atoms with Gasteiger partial charge in [0.25, 0.3) is 5.91 Å². The van der Waals surface area contributed by atoms with Crippen molar-refractivity contribution in [1.82, 2.24) is 5.32 Å². The quantitative estimate of drug-likeness (QED) is 0.796. The van der Waals surface area contributed by atoms with Crippen LogP contribution >= 0.6 is 11.3 Å². The van der Waals surface area contributed by atoms with E-state index in [1.165, 1.54) is 11.3 Å². The van der Waals surface area contributed by atoms with Crippen molar-refractivity contribution in [1.29, 1.82) is 0 Å². The van der Waals surface area contributed by atoms with Gasteiger partial charge in [0, 0.05) is 17.1 Å². The van der Waals surface area contributed by atoms with Crippen molar-refractivity contribution in [3.8, 4) is 0 Å². The predicted octanol–water partition coefficient (Wildman–Crippen LogP) is 2.31. The number of thiophene rings is 1. The lowest BCUT2D eigenvalue weighted by Crippen LogP contribution is -2.45. The SMILES string of the molecule is Cc1sc(C(=O)NCC2(O)CCCC(C)C2)cc1N. The number of nitrogen functional groups attached to an aromatic ring is 1. The molecule has 0 spiro atoms. The van der Waals surface area contributed by atoms with Crippen LogP contribution in [0.4, 0.5) is 5.69 Å². The zero-order valence-corrected chi connectivity index (χ0v) is 12.3. The number of nitrogens with one attached hydrogen (secondary N) is 1. The summed E-state index contributed by atoms with van der Waals surface area (Å²) in [7, 11) is 0. The van der Waals surface area contributed by atoms with Gasteiger partial charge in [-0.1, -0.05) is 19.8 Å². The van der Waals surface area contributed by atoms with Crippen molar-refractivity contribution in [2.75, 3.05) is 12.3 Å². The van der Waals surface area contributed by atoms with Crippen molar-refractivity contribution in [3.05, 3.63) is 15.8 Å². The molecule has 19 heavy (non-hydrogen) atoms. The normalized spacial score (nSPS) is 27.2. The van der Waals surface area contributed by atoms with Gasteiger partial charge >= 0.3 is 0 Å². The molecule has 2 rings (SSSR count). The van der Waals surface area contributed by atoms with Crippen LogP contribution in [-0.2, 0) is 0 Å². The van der Waals surface area contributed by atoms with E-state index in [0.717, 1.165) is 30.6 Å². The molecule has 4 N–H and O–H groups in total. The third-order valence-corrected chi connectivity index (χ3v) is 4.89. The van der Waals surface area contributed by atoms with Gasteiger partial charge in [-0.15, -0.1) is 11.3 Å². The summed E-state index contributed by atoms with van der Waals surface area (Å²) in [5.74, 6) is 0.381. The summed E-state index contributed by atoms with van der Waals surface area (Å²) >= 11 is 1.39. The van der Waals surface area contributed by atoms with Crippen molar-refractivity contribution in [3.63, 3.8) is 0 Å². The van der Waals surface area contributed by atoms with Gasteiger partial charge in [0.15, 0.2) is 0 Å². The second-order valence-corrected chi connectivity index (χ2v) is 6.99. The summed E-state index contributed by atoms with van der Waals surface area (Å²) in [6.07, 6.45) is 3.72. The highest BCUT2D eigenvalue weighted by Crippen LogP contribution is 2.31. The van der Waals surface area contributed by atoms with Crippen molar-refractivity contribution >= 4 is 22.9 Å². The molecule has 1 aliphatic carbocycles. The first-order valence-electron chi connectivity index (χ1n) is 6.76. The topological polar surface area (TPSA) is 75.3 Å². The van der Waals surface area contributed by atoms with E-state index in [2.05, 4.69) is 12.2 Å². The van der Waals surface area contributed by atoms with E-state index in [4.69, 9.17) is 5.73 Å². The number of nitrogens with two attached hydrogens (primary N) is 1. The van der Waals surface area contributed by atoms with Crippen molar-refractivity contribution < 1.29 is 9.90 Å². The Bertz CT molecular complexity index is 453. The maximum Gasteiger partial charge on any atom is 0.261 e. The monoisotopic (exact) mass is 282 g/mol. The van der Waals surface area contributed by atoms with Crippen LogP contribution < -0.4 is 11.1 Å². The lowest BCUT2D eigenvalue weighted by atomic mass is 9.79. The summed E-state index contributed by atoms with van der Waals surface area (Å²) in [6.45, 7) is 4.37. The predicted molar refractivity (Wildman–Crippen MR) is 78.4 cm³/mol. The van der Waals surface area contributed by atoms with Crippen LogP contribution in [0.5, 0.6) is 0 Å². The van der Waals surface area contributed by atoms with Crippen LogP contribution in [0.25, 0.3) is 0 Å². The molecule has 1 aliphatic rings. The molecule has 0 saturated heterocycles. The average molecular weight is 282 g/mol. The van der Waals surface area contributed by atoms with E-state index in [1.807, 2.05) is 6.92 Å². The lowest BCUT2D eigenvalue weighted by molar-refractivity contribution is -0.0109. The first-order chi connectivity index (χ1) is 8.89. The van der Waals surface area contributed by atoms with E-state index in [1.54, 1.807) is 6.07 Å². The first-order valence-corrected chi connectivity index (χ1v) is 7.58. The number of hydrogen-bond acceptors (Lipinski definition) is 4. The van der Waals surface area contributed by atoms with E-state index >= 15 is 0 Å². The first kappa shape index (κ1) is 14.3. The van der Waals surface area contributed by atoms with E-state index in [0.29, 0.717) is 23.0 Å². The maximum absolute atomic E-state index is 12.0. The minimum Gasteiger partial charge on any atom is -0.398 e. The molecule has 1 amide bonds. The van der Waals surface area contributed by atoms with Crippen molar-refractivity contribution in [2.24, 2.45) is 5.92 Å². The number of carbonyl (C=O) groups is 1. The summed E-state index contributed by atoms with van der Waals surface area (Å²) in [6, 6.07) is 1.70. The second-order valence-electron chi connectivity index (χ2n) is 5.73. The molecule has 0 radical (unpaired) electrons. The highest BCUT2D eigenvalue weighted by atomic mass is 32.1. The van der Waals surface area contributed by atoms with Gasteiger partial charge in [-0.2, -0.15) is 0 Å². The summed E-state index contributed by atoms with van der Waals surface area (Å²) in [5, 5.41) is 13.3. The summed E-state index contributed by atoms with van der Waals surface area (Å²) < 4.78 is 0. The molecular weight excluding hydrogens is 260 g/mol. The molecule has 1 aromatic heterocycles. The maximum atomic E-state index is 12.0. The van der Waals surface area contributed by atoms with Crippen LogP contribution in [0.2, 0.25) is 0 Å². The van der Waals surface area contributed by atoms with Crippen LogP contribution in [0.15, 0.2) is 6.07 Å². The fourth-order valence-electron chi connectivity index (χ4n) is 2.73. The molecule has 4 nitrogen and oxygen atoms in total. The summed E-state index contributed by atoms with van der Waals surface area (Å²) in [5.41, 5.74) is 5.65. The molecule has 0 bridgehead atoms. The Hall–Kier alpha value is -1.07. The molecule has 0 aliphatic heterocycles. The van der Waals surface area contributed by atoms with Gasteiger partial charge in [-0.3, -0.25) is 4.79 Å². The molecule has 1 aromatic rings. The third-order valence-electron chi connectivity index (χ3n) is 3.83. The van der Waals surface area contributed by atoms with Crippen LogP contribution in [-0.4, -0.2) is 23.2 Å². The molecule has 0 aromatic carbocycles. The Labute approximate surface area is 118 Å². The van der Waals surface area contributed by atoms with Gasteiger partial charge in [0.05, 0.1) is 10.5 Å². The molecule has 1 saturated carbocycles. The molecule has 1 fully saturated rings. The number of aryl methyl sites for hydroxylation is 1. The Morgan fingerprint density at radius 2 is 2.42 bits per heavy atom. The molecular formula is C14H22N2O2S. The number of amides is 1. The Kier molecular flexibility index (Phi) is 4.16. The van der Waals surface area contributed by atoms with Crippen molar-refractivity contribution in [2.45, 2.75) is 45.1 Å². The summed E-state index contributed by atoms with van der Waals surface area (Å²) in [4.78, 5) is 13.6. The highest BCUT2D eigenvalue weighted by Gasteiger charge is 2.33. The highest BCUT2D eigenvalue weighted by molar-refractivity contribution is 7.14. The fourth-order valence-corrected chi connectivity index (χ4v) is 3.59. The number of hydrogen-bond donors (Lipinski definition) is 3. The lowest BCUT2D eigenvalue weighted by Gasteiger charge is -2.35. The molecule has 5 heteroatoms. The van der Waals surface area contributed by atoms with Crippen LogP contribution in [0.1, 0.15) is 47.2 Å². The van der Waals surface area contributed by atoms with Gasteiger partial charge in [-0.25, -0.2) is 0 Å². The Morgan fingerprint density at radius 1 is 1.68 bits per heavy atom. The standard InChI is InChI=1S/C14H22N2O2S/c1-9-4-3-5-14(18,7-9)8-16-13(17)12-6-11(15)10(2)19-12/h6,9,18H,3-5,7-8,15H2,1-2H3,(H,16,17). The third kappa shape index (κ3) is 3.48. The Balaban J connectivity index is 1.93. The van der Waals surface area contributed by atoms with Gasteiger partial charge in [0.2, 0.25) is 0 Å². The van der Waals surface area contributed by atoms with Crippen LogP contribution in [0.3, 0.4) is 0 Å². The largest absolute Gasteiger partial charge is 0.398 e. The zero-order chi connectivity index (χ0) is 14.0. The average Bonchev–Trinajstić information content (AvgIpc) is 2.67. The molecule has 106 valence electrons. The smallest absolute Gasteiger partial charge is 0.261 e. The minimum absolute atomic E-state index is 0.142.